The lowest BCUT2D eigenvalue weighted by molar-refractivity contribution is -0.121. The second-order valence-electron chi connectivity index (χ2n) is 6.36. The van der Waals surface area contributed by atoms with Gasteiger partial charge < -0.3 is 10.2 Å². The van der Waals surface area contributed by atoms with Crippen molar-refractivity contribution in [2.75, 3.05) is 13.6 Å². The van der Waals surface area contributed by atoms with Crippen molar-refractivity contribution >= 4 is 11.8 Å². The molecule has 0 radical (unpaired) electrons. The van der Waals surface area contributed by atoms with E-state index in [0.29, 0.717) is 18.7 Å². The van der Waals surface area contributed by atoms with Gasteiger partial charge in [0.2, 0.25) is 5.91 Å². The number of benzene rings is 2. The van der Waals surface area contributed by atoms with E-state index in [-0.39, 0.29) is 18.4 Å². The van der Waals surface area contributed by atoms with Gasteiger partial charge in [-0.25, -0.2) is 0 Å². The van der Waals surface area contributed by atoms with Gasteiger partial charge in [-0.2, -0.15) is 5.10 Å². The maximum absolute atomic E-state index is 12.5. The van der Waals surface area contributed by atoms with Crippen LogP contribution in [0.5, 0.6) is 0 Å². The number of rotatable bonds is 7. The molecule has 138 valence electrons. The van der Waals surface area contributed by atoms with Gasteiger partial charge in [-0.05, 0) is 17.2 Å². The predicted octanol–water partition coefficient (Wildman–Crippen LogP) is 2.39. The van der Waals surface area contributed by atoms with E-state index in [1.807, 2.05) is 60.7 Å². The van der Waals surface area contributed by atoms with E-state index < -0.39 is 0 Å². The summed E-state index contributed by atoms with van der Waals surface area (Å²) in [5.74, 6) is -0.504. The van der Waals surface area contributed by atoms with Crippen molar-refractivity contribution in [3.63, 3.8) is 0 Å². The van der Waals surface area contributed by atoms with E-state index in [0.717, 1.165) is 16.8 Å². The van der Waals surface area contributed by atoms with Crippen molar-refractivity contribution in [3.05, 3.63) is 89.2 Å². The zero-order valence-electron chi connectivity index (χ0n) is 15.2. The monoisotopic (exact) mass is 362 g/mol. The van der Waals surface area contributed by atoms with E-state index in [1.54, 1.807) is 13.1 Å². The number of nitrogens with one attached hydrogen (secondary N) is 2. The van der Waals surface area contributed by atoms with Gasteiger partial charge in [-0.1, -0.05) is 60.7 Å². The Morgan fingerprint density at radius 2 is 1.63 bits per heavy atom. The fourth-order valence-corrected chi connectivity index (χ4v) is 2.71. The van der Waals surface area contributed by atoms with Crippen LogP contribution < -0.4 is 5.32 Å². The van der Waals surface area contributed by atoms with Crippen LogP contribution in [0.25, 0.3) is 0 Å². The maximum atomic E-state index is 12.5. The lowest BCUT2D eigenvalue weighted by atomic mass is 10.1. The second-order valence-corrected chi connectivity index (χ2v) is 6.36. The van der Waals surface area contributed by atoms with Crippen LogP contribution in [0.2, 0.25) is 0 Å². The van der Waals surface area contributed by atoms with Crippen molar-refractivity contribution in [1.82, 2.24) is 20.4 Å². The number of amides is 2. The van der Waals surface area contributed by atoms with Crippen LogP contribution in [-0.2, 0) is 17.8 Å². The highest BCUT2D eigenvalue weighted by Crippen LogP contribution is 2.09. The van der Waals surface area contributed by atoms with Crippen LogP contribution in [0.15, 0.2) is 66.7 Å². The highest BCUT2D eigenvalue weighted by Gasteiger charge is 2.18. The quantitative estimate of drug-likeness (QED) is 0.677. The fourth-order valence-electron chi connectivity index (χ4n) is 2.71. The van der Waals surface area contributed by atoms with Crippen LogP contribution in [0, 0.1) is 0 Å². The van der Waals surface area contributed by atoms with E-state index in [9.17, 15) is 9.59 Å². The first-order valence-electron chi connectivity index (χ1n) is 8.76. The first-order chi connectivity index (χ1) is 13.1. The third-order valence-corrected chi connectivity index (χ3v) is 4.15. The Balaban J connectivity index is 1.52. The highest BCUT2D eigenvalue weighted by atomic mass is 16.2. The second kappa shape index (κ2) is 8.80. The fraction of sp³-hybridized carbons (Fsp3) is 0.190. The molecule has 6 heteroatoms. The summed E-state index contributed by atoms with van der Waals surface area (Å²) in [4.78, 5) is 25.9. The normalized spacial score (nSPS) is 10.4. The third kappa shape index (κ3) is 5.28. The Bertz CT molecular complexity index is 891. The minimum absolute atomic E-state index is 0.0213. The first-order valence-corrected chi connectivity index (χ1v) is 8.76. The van der Waals surface area contributed by atoms with Crippen LogP contribution in [-0.4, -0.2) is 40.5 Å². The number of likely N-dealkylation sites (N-methyl/N-ethyl adjacent to an activating group) is 1. The highest BCUT2D eigenvalue weighted by molar-refractivity contribution is 5.94. The Kier molecular flexibility index (Phi) is 5.99. The predicted molar refractivity (Wildman–Crippen MR) is 103 cm³/mol. The van der Waals surface area contributed by atoms with E-state index in [1.165, 1.54) is 4.90 Å². The summed E-state index contributed by atoms with van der Waals surface area (Å²) in [5.41, 5.74) is 3.30. The first kappa shape index (κ1) is 18.4. The number of hydrogen-bond acceptors (Lipinski definition) is 3. The summed E-state index contributed by atoms with van der Waals surface area (Å²) in [6.45, 7) is 0.415. The van der Waals surface area contributed by atoms with Gasteiger partial charge in [-0.3, -0.25) is 14.7 Å². The summed E-state index contributed by atoms with van der Waals surface area (Å²) in [6.07, 6.45) is 0.669. The molecule has 0 aliphatic carbocycles. The molecule has 0 aliphatic heterocycles. The number of carbonyl (C=O) groups is 2. The molecule has 0 unspecified atom stereocenters. The third-order valence-electron chi connectivity index (χ3n) is 4.15. The molecular weight excluding hydrogens is 340 g/mol. The van der Waals surface area contributed by atoms with E-state index in [2.05, 4.69) is 15.5 Å². The number of nitrogens with zero attached hydrogens (tertiary/aromatic N) is 2. The van der Waals surface area contributed by atoms with Gasteiger partial charge in [0.15, 0.2) is 0 Å². The Labute approximate surface area is 158 Å². The molecule has 27 heavy (non-hydrogen) atoms. The lowest BCUT2D eigenvalue weighted by Crippen LogP contribution is -2.38. The van der Waals surface area contributed by atoms with Gasteiger partial charge in [0, 0.05) is 25.7 Å². The van der Waals surface area contributed by atoms with Gasteiger partial charge >= 0.3 is 0 Å². The van der Waals surface area contributed by atoms with Crippen LogP contribution in [0.1, 0.15) is 27.3 Å². The Morgan fingerprint density at radius 3 is 2.30 bits per heavy atom. The molecule has 2 aromatic carbocycles. The molecule has 2 N–H and O–H groups in total. The number of aromatic nitrogens is 2. The summed E-state index contributed by atoms with van der Waals surface area (Å²) >= 11 is 0. The van der Waals surface area contributed by atoms with Gasteiger partial charge in [0.1, 0.15) is 5.69 Å². The average Bonchev–Trinajstić information content (AvgIpc) is 3.15. The molecule has 0 aliphatic rings. The largest absolute Gasteiger partial charge is 0.350 e. The van der Waals surface area contributed by atoms with Crippen molar-refractivity contribution in [2.24, 2.45) is 0 Å². The number of H-pyrrole nitrogens is 1. The summed E-state index contributed by atoms with van der Waals surface area (Å²) in [5, 5.41) is 9.79. The molecule has 0 fully saturated rings. The van der Waals surface area contributed by atoms with E-state index >= 15 is 0 Å². The van der Waals surface area contributed by atoms with E-state index in [4.69, 9.17) is 0 Å². The summed E-state index contributed by atoms with van der Waals surface area (Å²) in [7, 11) is 1.59. The molecule has 1 heterocycles. The standard InChI is InChI=1S/C21H22N4O2/c1-25(15-20(26)22-14-17-10-6-3-7-11-17)21(27)19-13-18(23-24-19)12-16-8-4-2-5-9-16/h2-11,13H,12,14-15H2,1H3,(H,22,26)(H,23,24). The molecule has 3 aromatic rings. The SMILES string of the molecule is CN(CC(=O)NCc1ccccc1)C(=O)c1cc(Cc2ccccc2)[nH]n1. The van der Waals surface area contributed by atoms with Gasteiger partial charge in [0.05, 0.1) is 6.54 Å². The van der Waals surface area contributed by atoms with Gasteiger partial charge in [0.25, 0.3) is 5.91 Å². The summed E-state index contributed by atoms with van der Waals surface area (Å²) in [6, 6.07) is 21.3. The molecule has 0 spiro atoms. The van der Waals surface area contributed by atoms with Crippen LogP contribution in [0.3, 0.4) is 0 Å². The molecular formula is C21H22N4O2. The smallest absolute Gasteiger partial charge is 0.274 e. The molecule has 1 aromatic heterocycles. The molecule has 0 saturated carbocycles. The summed E-state index contributed by atoms with van der Waals surface area (Å²) < 4.78 is 0. The number of carbonyl (C=O) groups excluding carboxylic acids is 2. The van der Waals surface area contributed by atoms with Crippen molar-refractivity contribution in [1.29, 1.82) is 0 Å². The molecule has 2 amide bonds. The molecule has 0 atom stereocenters. The van der Waals surface area contributed by atoms with Gasteiger partial charge in [-0.15, -0.1) is 0 Å². The molecule has 0 saturated heterocycles. The van der Waals surface area contributed by atoms with Crippen LogP contribution in [0.4, 0.5) is 0 Å². The number of hydrogen-bond donors (Lipinski definition) is 2. The maximum Gasteiger partial charge on any atom is 0.274 e. The zero-order chi connectivity index (χ0) is 19.1. The Morgan fingerprint density at radius 1 is 1.00 bits per heavy atom. The Hall–Kier alpha value is -3.41. The minimum atomic E-state index is -0.291. The topological polar surface area (TPSA) is 78.1 Å². The van der Waals surface area contributed by atoms with Crippen LogP contribution >= 0.6 is 0 Å². The number of aromatic amines is 1. The molecule has 3 rings (SSSR count). The minimum Gasteiger partial charge on any atom is -0.350 e. The zero-order valence-corrected chi connectivity index (χ0v) is 15.2. The molecule has 0 bridgehead atoms. The lowest BCUT2D eigenvalue weighted by Gasteiger charge is -2.15. The van der Waals surface area contributed by atoms with Crippen molar-refractivity contribution in [3.8, 4) is 0 Å². The average molecular weight is 362 g/mol. The van der Waals surface area contributed by atoms with Crippen molar-refractivity contribution < 1.29 is 9.59 Å². The van der Waals surface area contributed by atoms with Crippen molar-refractivity contribution in [2.45, 2.75) is 13.0 Å². The molecule has 6 nitrogen and oxygen atoms in total.